The smallest absolute Gasteiger partial charge is 0.307 e. The van der Waals surface area contributed by atoms with Crippen LogP contribution in [0.5, 0.6) is 0 Å². The molecule has 3 N–H and O–H groups in total. The average molecular weight is 387 g/mol. The van der Waals surface area contributed by atoms with E-state index >= 15 is 0 Å². The van der Waals surface area contributed by atoms with Gasteiger partial charge < -0.3 is 20.0 Å². The summed E-state index contributed by atoms with van der Waals surface area (Å²) in [7, 11) is 0. The number of hydrogen-bond acceptors (Lipinski definition) is 6. The summed E-state index contributed by atoms with van der Waals surface area (Å²) >= 11 is 12.3. The van der Waals surface area contributed by atoms with E-state index in [-0.39, 0.29) is 12.3 Å². The number of esters is 1. The Hall–Kier alpha value is -1.60. The zero-order chi connectivity index (χ0) is 18.8. The molecule has 8 heteroatoms. The van der Waals surface area contributed by atoms with Gasteiger partial charge in [-0.1, -0.05) is 29.3 Å². The van der Waals surface area contributed by atoms with Crippen molar-refractivity contribution in [1.82, 2.24) is 4.98 Å². The third kappa shape index (κ3) is 5.19. The Morgan fingerprint density at radius 2 is 1.96 bits per heavy atom. The van der Waals surface area contributed by atoms with Crippen molar-refractivity contribution in [2.75, 3.05) is 0 Å². The standard InChI is InChI=1S/C17H20Cl2N2O4/c1-17(2,3)25-13(22)7-11(20)15(23)16-21-8-12(24-16)14-9(18)5-4-6-10(14)19/h4-6,8,11,15,23H,7,20H2,1-3H3/t11-,15?/m0/s1. The van der Waals surface area contributed by atoms with E-state index in [1.165, 1.54) is 6.20 Å². The molecule has 2 atom stereocenters. The second-order valence-electron chi connectivity index (χ2n) is 6.56. The van der Waals surface area contributed by atoms with E-state index in [1.54, 1.807) is 39.0 Å². The van der Waals surface area contributed by atoms with Crippen LogP contribution in [0.15, 0.2) is 28.8 Å². The third-order valence-corrected chi connectivity index (χ3v) is 3.84. The first-order chi connectivity index (χ1) is 11.6. The van der Waals surface area contributed by atoms with Gasteiger partial charge in [-0.15, -0.1) is 0 Å². The second kappa shape index (κ2) is 7.74. The molecule has 1 aromatic carbocycles. The molecule has 6 nitrogen and oxygen atoms in total. The predicted molar refractivity (Wildman–Crippen MR) is 95.4 cm³/mol. The number of aromatic nitrogens is 1. The number of carbonyl (C=O) groups is 1. The second-order valence-corrected chi connectivity index (χ2v) is 7.37. The number of ether oxygens (including phenoxy) is 1. The highest BCUT2D eigenvalue weighted by Gasteiger charge is 2.27. The highest BCUT2D eigenvalue weighted by molar-refractivity contribution is 6.39. The van der Waals surface area contributed by atoms with Crippen LogP contribution >= 0.6 is 23.2 Å². The summed E-state index contributed by atoms with van der Waals surface area (Å²) in [5.41, 5.74) is 5.72. The van der Waals surface area contributed by atoms with Crippen LogP contribution in [0.25, 0.3) is 11.3 Å². The highest BCUT2D eigenvalue weighted by Crippen LogP contribution is 2.35. The molecule has 2 rings (SSSR count). The van der Waals surface area contributed by atoms with Crippen molar-refractivity contribution in [2.45, 2.75) is 44.9 Å². The molecule has 0 amide bonds. The molecule has 25 heavy (non-hydrogen) atoms. The van der Waals surface area contributed by atoms with Crippen molar-refractivity contribution >= 4 is 29.2 Å². The van der Waals surface area contributed by atoms with Crippen LogP contribution in [0.1, 0.15) is 39.2 Å². The summed E-state index contributed by atoms with van der Waals surface area (Å²) in [6.45, 7) is 5.25. The minimum absolute atomic E-state index is 0.0259. The summed E-state index contributed by atoms with van der Waals surface area (Å²) in [5.74, 6) is -0.240. The molecule has 0 bridgehead atoms. The van der Waals surface area contributed by atoms with Gasteiger partial charge in [-0.2, -0.15) is 0 Å². The maximum Gasteiger partial charge on any atom is 0.307 e. The first-order valence-corrected chi connectivity index (χ1v) is 8.39. The molecule has 1 unspecified atom stereocenters. The minimum Gasteiger partial charge on any atom is -0.460 e. The normalized spacial score (nSPS) is 14.2. The first kappa shape index (κ1) is 19.7. The summed E-state index contributed by atoms with van der Waals surface area (Å²) in [6, 6.07) is 4.10. The van der Waals surface area contributed by atoms with Crippen LogP contribution in [0.3, 0.4) is 0 Å². The van der Waals surface area contributed by atoms with Gasteiger partial charge in [0.05, 0.1) is 28.2 Å². The van der Waals surface area contributed by atoms with Crippen molar-refractivity contribution in [2.24, 2.45) is 5.73 Å². The van der Waals surface area contributed by atoms with Gasteiger partial charge in [0.2, 0.25) is 5.89 Å². The maximum absolute atomic E-state index is 11.8. The molecule has 0 aliphatic carbocycles. The van der Waals surface area contributed by atoms with Gasteiger partial charge in [0.25, 0.3) is 0 Å². The zero-order valence-corrected chi connectivity index (χ0v) is 15.6. The molecule has 0 fully saturated rings. The lowest BCUT2D eigenvalue weighted by molar-refractivity contribution is -0.156. The maximum atomic E-state index is 11.8. The van der Waals surface area contributed by atoms with Crippen LogP contribution in [-0.2, 0) is 9.53 Å². The Labute approximate surface area is 155 Å². The number of nitrogens with two attached hydrogens (primary N) is 1. The fourth-order valence-corrected chi connectivity index (χ4v) is 2.73. The molecule has 1 aromatic heterocycles. The van der Waals surface area contributed by atoms with Gasteiger partial charge in [0.1, 0.15) is 11.7 Å². The van der Waals surface area contributed by atoms with Crippen LogP contribution in [-0.4, -0.2) is 27.7 Å². The number of carbonyl (C=O) groups excluding carboxylic acids is 1. The van der Waals surface area contributed by atoms with Crippen LogP contribution in [0.4, 0.5) is 0 Å². The molecule has 0 aliphatic heterocycles. The lowest BCUT2D eigenvalue weighted by Crippen LogP contribution is -2.34. The molecular weight excluding hydrogens is 367 g/mol. The summed E-state index contributed by atoms with van der Waals surface area (Å²) in [6.07, 6.45) is -0.0583. The Balaban J connectivity index is 2.12. The topological polar surface area (TPSA) is 98.6 Å². The summed E-state index contributed by atoms with van der Waals surface area (Å²) < 4.78 is 10.7. The fourth-order valence-electron chi connectivity index (χ4n) is 2.14. The molecule has 2 aromatic rings. The van der Waals surface area contributed by atoms with Crippen LogP contribution in [0.2, 0.25) is 10.0 Å². The SMILES string of the molecule is CC(C)(C)OC(=O)C[C@H](N)C(O)c1ncc(-c2c(Cl)cccc2Cl)o1. The Bertz CT molecular complexity index is 735. The number of halogens is 2. The van der Waals surface area contributed by atoms with Gasteiger partial charge in [0.15, 0.2) is 5.76 Å². The monoisotopic (exact) mass is 386 g/mol. The summed E-state index contributed by atoms with van der Waals surface area (Å²) in [5, 5.41) is 11.1. The van der Waals surface area contributed by atoms with E-state index in [9.17, 15) is 9.90 Å². The van der Waals surface area contributed by atoms with Crippen molar-refractivity contribution < 1.29 is 19.1 Å². The predicted octanol–water partition coefficient (Wildman–Crippen LogP) is 3.74. The van der Waals surface area contributed by atoms with Crippen molar-refractivity contribution in [1.29, 1.82) is 0 Å². The first-order valence-electron chi connectivity index (χ1n) is 7.64. The van der Waals surface area contributed by atoms with Crippen LogP contribution in [0, 0.1) is 0 Å². The Morgan fingerprint density at radius 3 is 2.52 bits per heavy atom. The van der Waals surface area contributed by atoms with E-state index in [4.69, 9.17) is 38.1 Å². The lowest BCUT2D eigenvalue weighted by atomic mass is 10.1. The van der Waals surface area contributed by atoms with Gasteiger partial charge in [-0.25, -0.2) is 4.98 Å². The Kier molecular flexibility index (Phi) is 6.11. The Morgan fingerprint density at radius 1 is 1.36 bits per heavy atom. The van der Waals surface area contributed by atoms with Crippen LogP contribution < -0.4 is 5.73 Å². The molecular formula is C17H20Cl2N2O4. The van der Waals surface area contributed by atoms with E-state index in [1.807, 2.05) is 0 Å². The van der Waals surface area contributed by atoms with Gasteiger partial charge in [-0.05, 0) is 32.9 Å². The lowest BCUT2D eigenvalue weighted by Gasteiger charge is -2.22. The third-order valence-electron chi connectivity index (χ3n) is 3.21. The van der Waals surface area contributed by atoms with Crippen molar-refractivity contribution in [3.05, 3.63) is 40.3 Å². The number of aliphatic hydroxyl groups is 1. The fraction of sp³-hybridized carbons (Fsp3) is 0.412. The highest BCUT2D eigenvalue weighted by atomic mass is 35.5. The number of hydrogen-bond donors (Lipinski definition) is 2. The van der Waals surface area contributed by atoms with Crippen molar-refractivity contribution in [3.8, 4) is 11.3 Å². The number of aliphatic hydroxyl groups excluding tert-OH is 1. The van der Waals surface area contributed by atoms with Gasteiger partial charge in [-0.3, -0.25) is 4.79 Å². The number of benzene rings is 1. The molecule has 1 heterocycles. The van der Waals surface area contributed by atoms with Gasteiger partial charge in [0, 0.05) is 6.04 Å². The zero-order valence-electron chi connectivity index (χ0n) is 14.1. The van der Waals surface area contributed by atoms with Crippen molar-refractivity contribution in [3.63, 3.8) is 0 Å². The van der Waals surface area contributed by atoms with E-state index in [0.29, 0.717) is 21.4 Å². The van der Waals surface area contributed by atoms with E-state index < -0.39 is 23.7 Å². The molecule has 0 aliphatic rings. The average Bonchev–Trinajstić information content (AvgIpc) is 2.93. The molecule has 0 saturated carbocycles. The minimum atomic E-state index is -1.28. The number of oxazole rings is 1. The molecule has 0 saturated heterocycles. The molecule has 0 radical (unpaired) electrons. The van der Waals surface area contributed by atoms with E-state index in [0.717, 1.165) is 0 Å². The molecule has 0 spiro atoms. The number of rotatable bonds is 5. The number of nitrogens with zero attached hydrogens (tertiary/aromatic N) is 1. The van der Waals surface area contributed by atoms with E-state index in [2.05, 4.69) is 4.98 Å². The quantitative estimate of drug-likeness (QED) is 0.759. The summed E-state index contributed by atoms with van der Waals surface area (Å²) in [4.78, 5) is 15.8. The largest absolute Gasteiger partial charge is 0.460 e. The molecule has 136 valence electrons. The van der Waals surface area contributed by atoms with Gasteiger partial charge >= 0.3 is 5.97 Å².